The van der Waals surface area contributed by atoms with Crippen LogP contribution in [0.5, 0.6) is 0 Å². The molecule has 1 fully saturated rings. The Kier molecular flexibility index (Phi) is 5.70. The Bertz CT molecular complexity index is 1400. The van der Waals surface area contributed by atoms with Gasteiger partial charge in [-0.2, -0.15) is 0 Å². The topological polar surface area (TPSA) is 89.4 Å². The standard InChI is InChI=1S/C26H30N6O3/c1-26(2,3)16-32-21-10-9-20(28-23(21)29(4)25(32)34)18-5-7-19(8-6-18)30-11-13-31(14-12-30)24(33)22-15-27-17-35-22/h5-10,15,17H,11-14,16H2,1-4H3. The highest BCUT2D eigenvalue weighted by Crippen LogP contribution is 2.26. The van der Waals surface area contributed by atoms with E-state index in [1.54, 1.807) is 16.5 Å². The molecule has 4 heterocycles. The van der Waals surface area contributed by atoms with Crippen molar-refractivity contribution in [1.82, 2.24) is 24.0 Å². The third kappa shape index (κ3) is 4.45. The van der Waals surface area contributed by atoms with Crippen LogP contribution in [0.3, 0.4) is 0 Å². The Hall–Kier alpha value is -3.88. The number of rotatable bonds is 4. The first-order valence-corrected chi connectivity index (χ1v) is 11.8. The van der Waals surface area contributed by atoms with Crippen molar-refractivity contribution in [2.24, 2.45) is 12.5 Å². The molecule has 0 saturated carbocycles. The summed E-state index contributed by atoms with van der Waals surface area (Å²) in [6.07, 6.45) is 2.73. The molecule has 4 aromatic rings. The van der Waals surface area contributed by atoms with Crippen molar-refractivity contribution in [3.63, 3.8) is 0 Å². The van der Waals surface area contributed by atoms with Crippen molar-refractivity contribution in [3.05, 3.63) is 65.2 Å². The first-order valence-electron chi connectivity index (χ1n) is 11.8. The summed E-state index contributed by atoms with van der Waals surface area (Å²) in [5.74, 6) is 0.156. The molecule has 0 radical (unpaired) electrons. The van der Waals surface area contributed by atoms with Gasteiger partial charge in [0.25, 0.3) is 5.91 Å². The number of aromatic nitrogens is 4. The fraction of sp³-hybridized carbons (Fsp3) is 0.385. The molecule has 0 spiro atoms. The average molecular weight is 475 g/mol. The maximum atomic E-state index is 12.8. The molecule has 1 aliphatic heterocycles. The Morgan fingerprint density at radius 1 is 1.03 bits per heavy atom. The zero-order valence-electron chi connectivity index (χ0n) is 20.6. The molecular formula is C26H30N6O3. The summed E-state index contributed by atoms with van der Waals surface area (Å²) in [5, 5.41) is 0. The van der Waals surface area contributed by atoms with E-state index in [9.17, 15) is 9.59 Å². The molecule has 1 aliphatic rings. The second-order valence-electron chi connectivity index (χ2n) is 10.2. The van der Waals surface area contributed by atoms with E-state index in [-0.39, 0.29) is 22.8 Å². The Labute approximate surface area is 203 Å². The number of amides is 1. The van der Waals surface area contributed by atoms with Crippen LogP contribution < -0.4 is 10.6 Å². The lowest BCUT2D eigenvalue weighted by Crippen LogP contribution is -2.48. The maximum Gasteiger partial charge on any atom is 0.330 e. The fourth-order valence-electron chi connectivity index (χ4n) is 4.55. The van der Waals surface area contributed by atoms with Gasteiger partial charge in [0.1, 0.15) is 0 Å². The van der Waals surface area contributed by atoms with E-state index in [1.807, 2.05) is 16.7 Å². The number of fused-ring (bicyclic) bond motifs is 1. The number of piperazine rings is 1. The molecule has 9 nitrogen and oxygen atoms in total. The van der Waals surface area contributed by atoms with Crippen LogP contribution in [0.1, 0.15) is 31.3 Å². The largest absolute Gasteiger partial charge is 0.438 e. The van der Waals surface area contributed by atoms with Crippen LogP contribution in [-0.2, 0) is 13.6 Å². The lowest BCUT2D eigenvalue weighted by molar-refractivity contribution is 0.0714. The number of hydrogen-bond acceptors (Lipinski definition) is 6. The number of imidazole rings is 1. The van der Waals surface area contributed by atoms with E-state index in [4.69, 9.17) is 9.40 Å². The van der Waals surface area contributed by atoms with Crippen LogP contribution in [0.15, 0.2) is 58.2 Å². The fourth-order valence-corrected chi connectivity index (χ4v) is 4.55. The van der Waals surface area contributed by atoms with Crippen LogP contribution in [-0.4, -0.2) is 56.1 Å². The molecule has 1 aromatic carbocycles. The molecule has 0 N–H and O–H groups in total. The highest BCUT2D eigenvalue weighted by atomic mass is 16.3. The van der Waals surface area contributed by atoms with Gasteiger partial charge in [-0.25, -0.2) is 14.8 Å². The number of benzene rings is 1. The van der Waals surface area contributed by atoms with Gasteiger partial charge in [0.15, 0.2) is 12.0 Å². The van der Waals surface area contributed by atoms with E-state index < -0.39 is 0 Å². The van der Waals surface area contributed by atoms with Gasteiger partial charge in [0.05, 0.1) is 17.4 Å². The molecule has 35 heavy (non-hydrogen) atoms. The third-order valence-electron chi connectivity index (χ3n) is 6.35. The van der Waals surface area contributed by atoms with Gasteiger partial charge in [0.2, 0.25) is 5.76 Å². The average Bonchev–Trinajstić information content (AvgIpc) is 3.47. The molecule has 0 bridgehead atoms. The van der Waals surface area contributed by atoms with E-state index in [2.05, 4.69) is 54.9 Å². The zero-order chi connectivity index (χ0) is 24.7. The van der Waals surface area contributed by atoms with Crippen molar-refractivity contribution in [2.75, 3.05) is 31.1 Å². The molecule has 0 aliphatic carbocycles. The molecule has 1 amide bonds. The maximum absolute atomic E-state index is 12.8. The van der Waals surface area contributed by atoms with Gasteiger partial charge in [-0.15, -0.1) is 0 Å². The van der Waals surface area contributed by atoms with E-state index in [1.165, 1.54) is 12.6 Å². The molecule has 182 valence electrons. The molecule has 1 saturated heterocycles. The third-order valence-corrected chi connectivity index (χ3v) is 6.35. The second-order valence-corrected chi connectivity index (χ2v) is 10.2. The molecule has 0 atom stereocenters. The number of carbonyl (C=O) groups is 1. The summed E-state index contributed by atoms with van der Waals surface area (Å²) in [6, 6.07) is 12.2. The minimum atomic E-state index is -0.121. The van der Waals surface area contributed by atoms with Crippen LogP contribution in [0.2, 0.25) is 0 Å². The predicted molar refractivity (Wildman–Crippen MR) is 134 cm³/mol. The van der Waals surface area contributed by atoms with Crippen molar-refractivity contribution in [1.29, 1.82) is 0 Å². The van der Waals surface area contributed by atoms with E-state index in [0.717, 1.165) is 35.6 Å². The SMILES string of the molecule is Cn1c(=O)n(CC(C)(C)C)c2ccc(-c3ccc(N4CCN(C(=O)c5cnco5)CC4)cc3)nc21. The molecule has 9 heteroatoms. The smallest absolute Gasteiger partial charge is 0.330 e. The first kappa shape index (κ1) is 22.9. The summed E-state index contributed by atoms with van der Waals surface area (Å²) in [5.41, 5.74) is 4.40. The summed E-state index contributed by atoms with van der Waals surface area (Å²) in [6.45, 7) is 9.73. The normalized spacial score (nSPS) is 14.6. The lowest BCUT2D eigenvalue weighted by atomic mass is 9.97. The monoisotopic (exact) mass is 474 g/mol. The lowest BCUT2D eigenvalue weighted by Gasteiger charge is -2.35. The zero-order valence-corrected chi connectivity index (χ0v) is 20.6. The van der Waals surface area contributed by atoms with Gasteiger partial charge >= 0.3 is 5.69 Å². The Morgan fingerprint density at radius 2 is 1.74 bits per heavy atom. The van der Waals surface area contributed by atoms with Crippen LogP contribution in [0.25, 0.3) is 22.4 Å². The highest BCUT2D eigenvalue weighted by molar-refractivity contribution is 5.91. The highest BCUT2D eigenvalue weighted by Gasteiger charge is 2.24. The van der Waals surface area contributed by atoms with Crippen LogP contribution >= 0.6 is 0 Å². The minimum Gasteiger partial charge on any atom is -0.438 e. The number of oxazole rings is 1. The van der Waals surface area contributed by atoms with E-state index in [0.29, 0.717) is 25.3 Å². The summed E-state index contributed by atoms with van der Waals surface area (Å²) >= 11 is 0. The second kappa shape index (κ2) is 8.72. The van der Waals surface area contributed by atoms with E-state index >= 15 is 0 Å². The van der Waals surface area contributed by atoms with Gasteiger partial charge in [0, 0.05) is 51.0 Å². The van der Waals surface area contributed by atoms with Gasteiger partial charge in [-0.05, 0) is 29.7 Å². The Balaban J connectivity index is 1.32. The molecule has 0 unspecified atom stereocenters. The van der Waals surface area contributed by atoms with Gasteiger partial charge in [-0.1, -0.05) is 32.9 Å². The van der Waals surface area contributed by atoms with Crippen LogP contribution in [0.4, 0.5) is 5.69 Å². The summed E-state index contributed by atoms with van der Waals surface area (Å²) in [7, 11) is 1.77. The molecular weight excluding hydrogens is 444 g/mol. The molecule has 3 aromatic heterocycles. The number of carbonyl (C=O) groups excluding carboxylic acids is 1. The summed E-state index contributed by atoms with van der Waals surface area (Å²) < 4.78 is 8.57. The minimum absolute atomic E-state index is 0.0125. The van der Waals surface area contributed by atoms with Gasteiger partial charge in [-0.3, -0.25) is 13.9 Å². The number of nitrogens with zero attached hydrogens (tertiary/aromatic N) is 6. The number of aryl methyl sites for hydroxylation is 1. The number of anilines is 1. The Morgan fingerprint density at radius 3 is 2.37 bits per heavy atom. The number of pyridine rings is 1. The first-order chi connectivity index (χ1) is 16.7. The van der Waals surface area contributed by atoms with Crippen LogP contribution in [0, 0.1) is 5.41 Å². The molecule has 5 rings (SSSR count). The van der Waals surface area contributed by atoms with Crippen molar-refractivity contribution in [3.8, 4) is 11.3 Å². The number of hydrogen-bond donors (Lipinski definition) is 0. The quantitative estimate of drug-likeness (QED) is 0.450. The van der Waals surface area contributed by atoms with Crippen molar-refractivity contribution in [2.45, 2.75) is 27.3 Å². The summed E-state index contributed by atoms with van der Waals surface area (Å²) in [4.78, 5) is 38.0. The predicted octanol–water partition coefficient (Wildman–Crippen LogP) is 3.40. The van der Waals surface area contributed by atoms with Crippen molar-refractivity contribution >= 4 is 22.8 Å². The van der Waals surface area contributed by atoms with Crippen molar-refractivity contribution < 1.29 is 9.21 Å². The van der Waals surface area contributed by atoms with Gasteiger partial charge < -0.3 is 14.2 Å².